The maximum atomic E-state index is 10.6. The van der Waals surface area contributed by atoms with Crippen LogP contribution in [0, 0.1) is 0 Å². The van der Waals surface area contributed by atoms with Gasteiger partial charge in [-0.1, -0.05) is 35.9 Å². The molecular formula is C12H8ClNO. The molecule has 1 heterocycles. The Bertz CT molecular complexity index is 496. The monoisotopic (exact) mass is 217 g/mol. The van der Waals surface area contributed by atoms with E-state index in [-0.39, 0.29) is 0 Å². The summed E-state index contributed by atoms with van der Waals surface area (Å²) >= 11 is 5.79. The smallest absolute Gasteiger partial charge is 0.150 e. The van der Waals surface area contributed by atoms with Crippen molar-refractivity contribution in [2.45, 2.75) is 0 Å². The predicted octanol–water partition coefficient (Wildman–Crippen LogP) is 3.21. The molecule has 0 bridgehead atoms. The highest BCUT2D eigenvalue weighted by molar-refractivity contribution is 6.29. The summed E-state index contributed by atoms with van der Waals surface area (Å²) in [5.74, 6) is 0. The highest BCUT2D eigenvalue weighted by atomic mass is 35.5. The molecule has 3 heteroatoms. The zero-order valence-corrected chi connectivity index (χ0v) is 8.61. The molecule has 74 valence electrons. The lowest BCUT2D eigenvalue weighted by molar-refractivity contribution is 0.112. The average molecular weight is 218 g/mol. The largest absolute Gasteiger partial charge is 0.298 e. The average Bonchev–Trinajstić information content (AvgIpc) is 2.29. The van der Waals surface area contributed by atoms with Crippen molar-refractivity contribution in [3.8, 4) is 11.3 Å². The fourth-order valence-corrected chi connectivity index (χ4v) is 1.50. The van der Waals surface area contributed by atoms with E-state index >= 15 is 0 Å². The Kier molecular flexibility index (Phi) is 2.79. The highest BCUT2D eigenvalue weighted by Gasteiger charge is 2.00. The summed E-state index contributed by atoms with van der Waals surface area (Å²) in [7, 11) is 0. The second-order valence-corrected chi connectivity index (χ2v) is 3.48. The van der Waals surface area contributed by atoms with E-state index in [0.717, 1.165) is 17.5 Å². The van der Waals surface area contributed by atoms with Crippen LogP contribution in [0.4, 0.5) is 0 Å². The third-order valence-corrected chi connectivity index (χ3v) is 2.24. The molecule has 0 saturated carbocycles. The molecule has 0 unspecified atom stereocenters. The van der Waals surface area contributed by atoms with Crippen LogP contribution in [0.3, 0.4) is 0 Å². The van der Waals surface area contributed by atoms with Gasteiger partial charge in [0.25, 0.3) is 0 Å². The molecule has 2 aromatic rings. The van der Waals surface area contributed by atoms with Gasteiger partial charge in [0.05, 0.1) is 5.69 Å². The molecule has 15 heavy (non-hydrogen) atoms. The van der Waals surface area contributed by atoms with Gasteiger partial charge in [-0.15, -0.1) is 0 Å². The van der Waals surface area contributed by atoms with Crippen LogP contribution in [0.2, 0.25) is 5.15 Å². The van der Waals surface area contributed by atoms with Gasteiger partial charge in [-0.3, -0.25) is 4.79 Å². The maximum absolute atomic E-state index is 10.6. The second kappa shape index (κ2) is 4.24. The van der Waals surface area contributed by atoms with Crippen LogP contribution >= 0.6 is 11.6 Å². The number of nitrogens with zero attached hydrogens (tertiary/aromatic N) is 1. The van der Waals surface area contributed by atoms with E-state index in [2.05, 4.69) is 4.98 Å². The molecule has 0 aliphatic heterocycles. The van der Waals surface area contributed by atoms with Crippen molar-refractivity contribution in [1.82, 2.24) is 4.98 Å². The van der Waals surface area contributed by atoms with Crippen LogP contribution in [0.1, 0.15) is 10.4 Å². The number of carbonyl (C=O) groups excluding carboxylic acids is 1. The topological polar surface area (TPSA) is 30.0 Å². The minimum absolute atomic E-state index is 0.448. The molecule has 2 rings (SSSR count). The number of aromatic nitrogens is 1. The third kappa shape index (κ3) is 2.22. The van der Waals surface area contributed by atoms with Crippen molar-refractivity contribution in [3.05, 3.63) is 53.2 Å². The molecular weight excluding hydrogens is 210 g/mol. The van der Waals surface area contributed by atoms with Crippen LogP contribution < -0.4 is 0 Å². The van der Waals surface area contributed by atoms with Crippen LogP contribution in [0.5, 0.6) is 0 Å². The summed E-state index contributed by atoms with van der Waals surface area (Å²) in [4.78, 5) is 14.8. The van der Waals surface area contributed by atoms with Crippen molar-refractivity contribution >= 4 is 17.9 Å². The molecule has 0 fully saturated rings. The molecule has 0 N–H and O–H groups in total. The molecule has 2 nitrogen and oxygen atoms in total. The number of rotatable bonds is 2. The van der Waals surface area contributed by atoms with E-state index in [0.29, 0.717) is 10.7 Å². The van der Waals surface area contributed by atoms with E-state index < -0.39 is 0 Å². The Balaban J connectivity index is 2.49. The van der Waals surface area contributed by atoms with Gasteiger partial charge in [0.1, 0.15) is 11.4 Å². The Morgan fingerprint density at radius 2 is 1.93 bits per heavy atom. The van der Waals surface area contributed by atoms with E-state index in [4.69, 9.17) is 11.6 Å². The molecule has 1 aromatic carbocycles. The number of benzene rings is 1. The normalized spacial score (nSPS) is 9.93. The minimum atomic E-state index is 0.448. The number of pyridine rings is 1. The van der Waals surface area contributed by atoms with Crippen molar-refractivity contribution in [3.63, 3.8) is 0 Å². The first-order valence-corrected chi connectivity index (χ1v) is 4.85. The van der Waals surface area contributed by atoms with Crippen LogP contribution in [-0.2, 0) is 0 Å². The van der Waals surface area contributed by atoms with Gasteiger partial charge in [-0.05, 0) is 18.2 Å². The van der Waals surface area contributed by atoms with E-state index in [1.165, 1.54) is 0 Å². The molecule has 0 saturated heterocycles. The molecule has 0 radical (unpaired) electrons. The summed E-state index contributed by atoms with van der Waals surface area (Å²) in [6.07, 6.45) is 0.814. The molecule has 0 atom stereocenters. The van der Waals surface area contributed by atoms with Gasteiger partial charge in [-0.2, -0.15) is 0 Å². The quantitative estimate of drug-likeness (QED) is 0.571. The Hall–Kier alpha value is -1.67. The summed E-state index contributed by atoms with van der Waals surface area (Å²) in [6, 6.07) is 12.7. The molecule has 0 amide bonds. The lowest BCUT2D eigenvalue weighted by Gasteiger charge is -2.01. The zero-order valence-electron chi connectivity index (χ0n) is 7.85. The summed E-state index contributed by atoms with van der Waals surface area (Å²) in [6.45, 7) is 0. The van der Waals surface area contributed by atoms with Crippen LogP contribution in [-0.4, -0.2) is 11.3 Å². The number of carbonyl (C=O) groups is 1. The Morgan fingerprint density at radius 1 is 1.13 bits per heavy atom. The highest BCUT2D eigenvalue weighted by Crippen LogP contribution is 2.19. The first-order valence-electron chi connectivity index (χ1n) is 4.48. The van der Waals surface area contributed by atoms with Gasteiger partial charge in [0, 0.05) is 11.1 Å². The fraction of sp³-hybridized carbons (Fsp3) is 0. The molecule has 0 aliphatic carbocycles. The van der Waals surface area contributed by atoms with Crippen molar-refractivity contribution in [1.29, 1.82) is 0 Å². The van der Waals surface area contributed by atoms with Crippen molar-refractivity contribution in [2.75, 3.05) is 0 Å². The summed E-state index contributed by atoms with van der Waals surface area (Å²) in [5.41, 5.74) is 2.29. The summed E-state index contributed by atoms with van der Waals surface area (Å²) in [5, 5.41) is 0.448. The SMILES string of the molecule is O=Cc1cccc(-c2cccc(Cl)n2)c1. The molecule has 1 aromatic heterocycles. The van der Waals surface area contributed by atoms with Gasteiger partial charge in [0.2, 0.25) is 0 Å². The first kappa shape index (κ1) is 9.87. The first-order chi connectivity index (χ1) is 7.29. The lowest BCUT2D eigenvalue weighted by Crippen LogP contribution is -1.85. The zero-order chi connectivity index (χ0) is 10.7. The lowest BCUT2D eigenvalue weighted by atomic mass is 10.1. The number of halogens is 1. The van der Waals surface area contributed by atoms with E-state index in [1.807, 2.05) is 24.3 Å². The second-order valence-electron chi connectivity index (χ2n) is 3.09. The number of aldehydes is 1. The van der Waals surface area contributed by atoms with E-state index in [9.17, 15) is 4.79 Å². The fourth-order valence-electron chi connectivity index (χ4n) is 1.34. The Labute approximate surface area is 92.5 Å². The molecule has 0 spiro atoms. The number of hydrogen-bond donors (Lipinski definition) is 0. The summed E-state index contributed by atoms with van der Waals surface area (Å²) < 4.78 is 0. The Morgan fingerprint density at radius 3 is 2.67 bits per heavy atom. The third-order valence-electron chi connectivity index (χ3n) is 2.03. The number of hydrogen-bond acceptors (Lipinski definition) is 2. The minimum Gasteiger partial charge on any atom is -0.298 e. The van der Waals surface area contributed by atoms with Gasteiger partial charge in [0.15, 0.2) is 0 Å². The standard InChI is InChI=1S/C12H8ClNO/c13-12-6-2-5-11(14-12)10-4-1-3-9(7-10)8-15/h1-8H. The predicted molar refractivity (Wildman–Crippen MR) is 60.1 cm³/mol. The molecule has 0 aliphatic rings. The van der Waals surface area contributed by atoms with Gasteiger partial charge >= 0.3 is 0 Å². The van der Waals surface area contributed by atoms with Gasteiger partial charge < -0.3 is 0 Å². The maximum Gasteiger partial charge on any atom is 0.150 e. The van der Waals surface area contributed by atoms with Crippen LogP contribution in [0.15, 0.2) is 42.5 Å². The van der Waals surface area contributed by atoms with Crippen molar-refractivity contribution in [2.24, 2.45) is 0 Å². The van der Waals surface area contributed by atoms with Gasteiger partial charge in [-0.25, -0.2) is 4.98 Å². The van der Waals surface area contributed by atoms with Crippen molar-refractivity contribution < 1.29 is 4.79 Å². The van der Waals surface area contributed by atoms with Crippen LogP contribution in [0.25, 0.3) is 11.3 Å². The van der Waals surface area contributed by atoms with E-state index in [1.54, 1.807) is 18.2 Å².